The molecule has 5 N–H and O–H groups in total. The summed E-state index contributed by atoms with van der Waals surface area (Å²) in [6.07, 6.45) is 0.882. The summed E-state index contributed by atoms with van der Waals surface area (Å²) >= 11 is 1.76. The first-order valence-electron chi connectivity index (χ1n) is 4.96. The summed E-state index contributed by atoms with van der Waals surface area (Å²) in [6, 6.07) is 4.19. The van der Waals surface area contributed by atoms with Crippen molar-refractivity contribution >= 4 is 23.3 Å². The van der Waals surface area contributed by atoms with Gasteiger partial charge in [0.2, 0.25) is 0 Å². The minimum absolute atomic E-state index is 0.135. The maximum Gasteiger partial charge on any atom is 0.197 e. The van der Waals surface area contributed by atoms with Crippen LogP contribution < -0.4 is 11.1 Å². The zero-order valence-corrected chi connectivity index (χ0v) is 10.3. The highest BCUT2D eigenvalue weighted by Gasteiger charge is 2.05. The van der Waals surface area contributed by atoms with Gasteiger partial charge < -0.3 is 11.1 Å². The van der Waals surface area contributed by atoms with E-state index in [1.54, 1.807) is 18.4 Å². The highest BCUT2D eigenvalue weighted by atomic mass is 32.1. The molecule has 0 aliphatic carbocycles. The van der Waals surface area contributed by atoms with Crippen LogP contribution in [0.25, 0.3) is 0 Å². The van der Waals surface area contributed by atoms with Crippen LogP contribution in [0.3, 0.4) is 0 Å². The standard InChI is InChI=1S/C10H17N5S/c1-7-3-4-8(16-7)5-6-14-10(13)15(2)9(11)12/h3-4H,5-6H2,1-2H3,(H3,11,12)(H2,13,14). The molecule has 6 heteroatoms. The fourth-order valence-corrected chi connectivity index (χ4v) is 2.05. The molecule has 0 aliphatic rings. The Morgan fingerprint density at radius 3 is 2.69 bits per heavy atom. The maximum atomic E-state index is 7.59. The smallest absolute Gasteiger partial charge is 0.197 e. The van der Waals surface area contributed by atoms with Crippen LogP contribution in [0.1, 0.15) is 9.75 Å². The van der Waals surface area contributed by atoms with Gasteiger partial charge in [0.15, 0.2) is 11.9 Å². The summed E-state index contributed by atoms with van der Waals surface area (Å²) in [6.45, 7) is 2.75. The Kier molecular flexibility index (Phi) is 4.30. The van der Waals surface area contributed by atoms with Gasteiger partial charge in [0.1, 0.15) is 0 Å². The Hall–Kier alpha value is -1.56. The monoisotopic (exact) mass is 239 g/mol. The topological polar surface area (TPSA) is 89.0 Å². The number of hydrogen-bond donors (Lipinski definition) is 4. The molecule has 0 atom stereocenters. The van der Waals surface area contributed by atoms with E-state index in [0.29, 0.717) is 6.54 Å². The summed E-state index contributed by atoms with van der Waals surface area (Å²) < 4.78 is 0. The number of nitrogens with two attached hydrogens (primary N) is 1. The first-order valence-corrected chi connectivity index (χ1v) is 5.78. The average Bonchev–Trinajstić information content (AvgIpc) is 2.62. The lowest BCUT2D eigenvalue weighted by atomic mass is 10.3. The molecule has 0 unspecified atom stereocenters. The van der Waals surface area contributed by atoms with Crippen LogP contribution >= 0.6 is 11.3 Å². The molecule has 0 spiro atoms. The third-order valence-electron chi connectivity index (χ3n) is 2.16. The molecule has 1 aromatic rings. The van der Waals surface area contributed by atoms with Crippen LogP contribution in [0, 0.1) is 17.7 Å². The second kappa shape index (κ2) is 5.50. The van der Waals surface area contributed by atoms with Crippen LogP contribution in [-0.2, 0) is 6.42 Å². The van der Waals surface area contributed by atoms with Crippen LogP contribution in [-0.4, -0.2) is 30.4 Å². The second-order valence-electron chi connectivity index (χ2n) is 3.48. The minimum atomic E-state index is -0.135. The Morgan fingerprint density at radius 2 is 2.19 bits per heavy atom. The molecule has 88 valence electrons. The summed E-state index contributed by atoms with van der Waals surface area (Å²) in [5, 5.41) is 17.7. The molecule has 1 rings (SSSR count). The van der Waals surface area contributed by atoms with E-state index < -0.39 is 0 Å². The molecule has 0 amide bonds. The van der Waals surface area contributed by atoms with Crippen LogP contribution in [0.2, 0.25) is 0 Å². The molecular weight excluding hydrogens is 222 g/mol. The SMILES string of the molecule is Cc1ccc(CCNC(=N)N(C)C(=N)N)s1. The van der Waals surface area contributed by atoms with Crippen molar-refractivity contribution in [2.45, 2.75) is 13.3 Å². The molecule has 16 heavy (non-hydrogen) atoms. The van der Waals surface area contributed by atoms with Crippen LogP contribution in [0.4, 0.5) is 0 Å². The molecule has 0 saturated heterocycles. The van der Waals surface area contributed by atoms with E-state index in [2.05, 4.69) is 24.4 Å². The van der Waals surface area contributed by atoms with Crippen molar-refractivity contribution < 1.29 is 0 Å². The van der Waals surface area contributed by atoms with Gasteiger partial charge in [0.25, 0.3) is 0 Å². The Balaban J connectivity index is 2.30. The Labute approximate surface area is 99.3 Å². The molecule has 1 heterocycles. The van der Waals surface area contributed by atoms with Gasteiger partial charge in [0, 0.05) is 23.3 Å². The van der Waals surface area contributed by atoms with Gasteiger partial charge in [-0.15, -0.1) is 11.3 Å². The number of thiophene rings is 1. The number of nitrogens with zero attached hydrogens (tertiary/aromatic N) is 1. The summed E-state index contributed by atoms with van der Waals surface area (Å²) in [7, 11) is 1.59. The van der Waals surface area contributed by atoms with Crippen molar-refractivity contribution in [2.75, 3.05) is 13.6 Å². The third-order valence-corrected chi connectivity index (χ3v) is 3.22. The summed E-state index contributed by atoms with van der Waals surface area (Å²) in [5.41, 5.74) is 5.25. The second-order valence-corrected chi connectivity index (χ2v) is 4.85. The van der Waals surface area contributed by atoms with E-state index in [1.807, 2.05) is 0 Å². The van der Waals surface area contributed by atoms with E-state index >= 15 is 0 Å². The molecule has 0 aromatic carbocycles. The first-order chi connectivity index (χ1) is 7.50. The van der Waals surface area contributed by atoms with Crippen molar-refractivity contribution in [1.29, 1.82) is 10.8 Å². The fourth-order valence-electron chi connectivity index (χ4n) is 1.16. The van der Waals surface area contributed by atoms with Crippen LogP contribution in [0.15, 0.2) is 12.1 Å². The molecule has 1 aromatic heterocycles. The lowest BCUT2D eigenvalue weighted by molar-refractivity contribution is 0.669. The highest BCUT2D eigenvalue weighted by Crippen LogP contribution is 2.14. The van der Waals surface area contributed by atoms with E-state index in [1.165, 1.54) is 14.7 Å². The van der Waals surface area contributed by atoms with E-state index in [9.17, 15) is 0 Å². The van der Waals surface area contributed by atoms with Gasteiger partial charge in [-0.1, -0.05) is 0 Å². The number of aryl methyl sites for hydroxylation is 1. The summed E-state index contributed by atoms with van der Waals surface area (Å²) in [5.74, 6) is 0.0187. The first kappa shape index (κ1) is 12.5. The summed E-state index contributed by atoms with van der Waals surface area (Å²) in [4.78, 5) is 3.88. The van der Waals surface area contributed by atoms with Crippen molar-refractivity contribution in [3.8, 4) is 0 Å². The Morgan fingerprint density at radius 1 is 1.50 bits per heavy atom. The van der Waals surface area contributed by atoms with E-state index in [4.69, 9.17) is 16.6 Å². The molecule has 0 saturated carbocycles. The van der Waals surface area contributed by atoms with Crippen molar-refractivity contribution in [3.05, 3.63) is 21.9 Å². The Bertz CT molecular complexity index is 384. The predicted octanol–water partition coefficient (Wildman–Crippen LogP) is 0.949. The van der Waals surface area contributed by atoms with Gasteiger partial charge >= 0.3 is 0 Å². The zero-order valence-electron chi connectivity index (χ0n) is 9.50. The van der Waals surface area contributed by atoms with Gasteiger partial charge in [-0.2, -0.15) is 0 Å². The lowest BCUT2D eigenvalue weighted by Crippen LogP contribution is -2.45. The van der Waals surface area contributed by atoms with Crippen molar-refractivity contribution in [3.63, 3.8) is 0 Å². The minimum Gasteiger partial charge on any atom is -0.370 e. The van der Waals surface area contributed by atoms with Gasteiger partial charge in [-0.05, 0) is 25.5 Å². The molecular formula is C10H17N5S. The molecule has 0 aliphatic heterocycles. The molecule has 0 radical (unpaired) electrons. The van der Waals surface area contributed by atoms with E-state index in [0.717, 1.165) is 6.42 Å². The normalized spacial score (nSPS) is 9.88. The molecule has 0 bridgehead atoms. The predicted molar refractivity (Wildman–Crippen MR) is 68.2 cm³/mol. The number of rotatable bonds is 3. The molecule has 5 nitrogen and oxygen atoms in total. The lowest BCUT2D eigenvalue weighted by Gasteiger charge is -2.18. The highest BCUT2D eigenvalue weighted by molar-refractivity contribution is 7.11. The van der Waals surface area contributed by atoms with Gasteiger partial charge in [0.05, 0.1) is 0 Å². The molecule has 0 fully saturated rings. The van der Waals surface area contributed by atoms with Gasteiger partial charge in [-0.3, -0.25) is 15.7 Å². The quantitative estimate of drug-likeness (QED) is 0.467. The van der Waals surface area contributed by atoms with E-state index in [-0.39, 0.29) is 11.9 Å². The van der Waals surface area contributed by atoms with Crippen LogP contribution in [0.5, 0.6) is 0 Å². The number of nitrogens with one attached hydrogen (secondary N) is 3. The average molecular weight is 239 g/mol. The maximum absolute atomic E-state index is 7.59. The van der Waals surface area contributed by atoms with Gasteiger partial charge in [-0.25, -0.2) is 0 Å². The third kappa shape index (κ3) is 3.54. The fraction of sp³-hybridized carbons (Fsp3) is 0.400. The number of hydrogen-bond acceptors (Lipinski definition) is 3. The zero-order chi connectivity index (χ0) is 12.1. The van der Waals surface area contributed by atoms with Crippen molar-refractivity contribution in [2.24, 2.45) is 5.73 Å². The number of guanidine groups is 2. The van der Waals surface area contributed by atoms with Crippen molar-refractivity contribution in [1.82, 2.24) is 10.2 Å². The largest absolute Gasteiger partial charge is 0.370 e.